The van der Waals surface area contributed by atoms with Gasteiger partial charge < -0.3 is 15.4 Å². The number of primary amides is 1. The van der Waals surface area contributed by atoms with Gasteiger partial charge in [-0.15, -0.1) is 11.3 Å². The van der Waals surface area contributed by atoms with Crippen LogP contribution >= 0.6 is 11.3 Å². The van der Waals surface area contributed by atoms with Crippen molar-refractivity contribution in [3.05, 3.63) is 58.2 Å². The predicted molar refractivity (Wildman–Crippen MR) is 155 cm³/mol. The van der Waals surface area contributed by atoms with Crippen LogP contribution < -0.4 is 11.2 Å². The number of piperidine rings is 1. The molecule has 0 saturated carbocycles. The molecule has 10 heteroatoms. The van der Waals surface area contributed by atoms with Crippen molar-refractivity contribution in [1.29, 1.82) is 0 Å². The smallest absolute Gasteiger partial charge is 0.410 e. The zero-order valence-corrected chi connectivity index (χ0v) is 24.2. The highest BCUT2D eigenvalue weighted by Gasteiger charge is 2.28. The Morgan fingerprint density at radius 2 is 1.97 bits per heavy atom. The zero-order chi connectivity index (χ0) is 28.7. The third kappa shape index (κ3) is 11.9. The third-order valence-electron chi connectivity index (χ3n) is 5.09. The average Bonchev–Trinajstić information content (AvgIpc) is 3.33. The molecule has 1 fully saturated rings. The first-order chi connectivity index (χ1) is 17.9. The average molecular weight is 548 g/mol. The first-order valence-electron chi connectivity index (χ1n) is 12.8. The highest BCUT2D eigenvalue weighted by molar-refractivity contribution is 7.10. The van der Waals surface area contributed by atoms with E-state index in [9.17, 15) is 14.0 Å². The molecule has 0 unspecified atom stereocenters. The van der Waals surface area contributed by atoms with Crippen LogP contribution in [0.3, 0.4) is 0 Å². The van der Waals surface area contributed by atoms with Gasteiger partial charge in [0.1, 0.15) is 23.0 Å². The number of hydrogen-bond acceptors (Lipinski definition) is 7. The Bertz CT molecular complexity index is 1050. The minimum Gasteiger partial charge on any atom is -0.444 e. The lowest BCUT2D eigenvalue weighted by atomic mass is 9.93. The Morgan fingerprint density at radius 1 is 1.34 bits per heavy atom. The van der Waals surface area contributed by atoms with Gasteiger partial charge in [0.05, 0.1) is 5.71 Å². The van der Waals surface area contributed by atoms with Crippen LogP contribution in [-0.2, 0) is 4.74 Å². The van der Waals surface area contributed by atoms with Crippen LogP contribution in [0.15, 0.2) is 52.6 Å². The van der Waals surface area contributed by atoms with Gasteiger partial charge in [0.15, 0.2) is 0 Å². The molecule has 1 saturated heterocycles. The van der Waals surface area contributed by atoms with Crippen molar-refractivity contribution < 1.29 is 18.7 Å². The first kappa shape index (κ1) is 32.8. The molecule has 1 aromatic heterocycles. The summed E-state index contributed by atoms with van der Waals surface area (Å²) in [6.45, 7) is 15.8. The van der Waals surface area contributed by atoms with E-state index < -0.39 is 18.2 Å². The van der Waals surface area contributed by atoms with Gasteiger partial charge in [-0.25, -0.2) is 14.2 Å². The number of likely N-dealkylation sites (tertiary alicyclic amines) is 1. The van der Waals surface area contributed by atoms with Gasteiger partial charge in [-0.3, -0.25) is 10.2 Å². The quantitative estimate of drug-likeness (QED) is 0.216. The number of carbonyl (C=O) groups is 2. The molecule has 0 aromatic carbocycles. The Hall–Kier alpha value is -3.27. The lowest BCUT2D eigenvalue weighted by Crippen LogP contribution is -2.42. The molecule has 1 aliphatic rings. The largest absolute Gasteiger partial charge is 0.444 e. The summed E-state index contributed by atoms with van der Waals surface area (Å²) in [5.41, 5.74) is 10.3. The topological polar surface area (TPSA) is 110 Å². The van der Waals surface area contributed by atoms with Crippen molar-refractivity contribution in [3.8, 4) is 0 Å². The Morgan fingerprint density at radius 3 is 2.47 bits per heavy atom. The summed E-state index contributed by atoms with van der Waals surface area (Å²) in [4.78, 5) is 29.9. The molecule has 0 bridgehead atoms. The molecule has 0 atom stereocenters. The van der Waals surface area contributed by atoms with Crippen LogP contribution in [0.5, 0.6) is 0 Å². The van der Waals surface area contributed by atoms with Crippen molar-refractivity contribution >= 4 is 35.1 Å². The number of hydrogen-bond donors (Lipinski definition) is 2. The molecule has 2 rings (SSSR count). The molecule has 0 radical (unpaired) electrons. The number of halogens is 1. The van der Waals surface area contributed by atoms with Crippen LogP contribution in [-0.4, -0.2) is 53.0 Å². The first-order valence-corrected chi connectivity index (χ1v) is 13.6. The van der Waals surface area contributed by atoms with Crippen molar-refractivity contribution in [2.75, 3.05) is 19.8 Å². The van der Waals surface area contributed by atoms with E-state index in [-0.39, 0.29) is 17.7 Å². The standard InChI is InChI=1S/C25H34FN5O3S.C3H8/c1-6-8-18(9-7-12-26)17(2)29-30-20(15-22-28-21(16-35-22)23(27)32)19-10-13-31(14-11-19)24(33)34-25(3,4)5;1-3-2/h6-9,15-16,19,30H,1,10-14H2,2-5H3,(H2,27,32);3H2,1-2H3/b9-7-,18-8+,20-15+,29-17+;. The molecule has 2 heterocycles. The minimum atomic E-state index is -0.589. The second-order valence-corrected chi connectivity index (χ2v) is 10.6. The highest BCUT2D eigenvalue weighted by Crippen LogP contribution is 2.27. The second kappa shape index (κ2) is 16.5. The van der Waals surface area contributed by atoms with E-state index in [2.05, 4.69) is 35.9 Å². The van der Waals surface area contributed by atoms with E-state index in [0.717, 1.165) is 11.3 Å². The number of rotatable bonds is 9. The number of nitrogens with zero attached hydrogens (tertiary/aromatic N) is 3. The summed E-state index contributed by atoms with van der Waals surface area (Å²) in [7, 11) is 0. The highest BCUT2D eigenvalue weighted by atomic mass is 32.1. The minimum absolute atomic E-state index is 0.0689. The second-order valence-electron chi connectivity index (χ2n) is 9.71. The van der Waals surface area contributed by atoms with E-state index in [1.54, 1.807) is 28.5 Å². The van der Waals surface area contributed by atoms with Gasteiger partial charge in [-0.05, 0) is 52.2 Å². The molecule has 1 aliphatic heterocycles. The summed E-state index contributed by atoms with van der Waals surface area (Å²) in [6.07, 6.45) is 10.6. The fourth-order valence-electron chi connectivity index (χ4n) is 3.35. The summed E-state index contributed by atoms with van der Waals surface area (Å²) in [5, 5.41) is 6.72. The van der Waals surface area contributed by atoms with E-state index in [0.29, 0.717) is 36.7 Å². The van der Waals surface area contributed by atoms with Crippen LogP contribution in [0.4, 0.5) is 9.18 Å². The SMILES string of the molecule is C=C/C=C(\C=C/CF)C(/C)=N/N/C(=C/c1nc(C(N)=O)cs1)C1CCN(C(=O)OC(C)(C)C)CC1.CCC. The summed E-state index contributed by atoms with van der Waals surface area (Å²) in [5.74, 6) is -0.520. The number of alkyl halides is 1. The van der Waals surface area contributed by atoms with E-state index in [1.165, 1.54) is 23.8 Å². The van der Waals surface area contributed by atoms with Crippen molar-refractivity contribution in [3.63, 3.8) is 0 Å². The van der Waals surface area contributed by atoms with Gasteiger partial charge in [0, 0.05) is 30.1 Å². The third-order valence-corrected chi connectivity index (χ3v) is 5.89. The van der Waals surface area contributed by atoms with Gasteiger partial charge in [-0.2, -0.15) is 5.10 Å². The van der Waals surface area contributed by atoms with Crippen LogP contribution in [0.2, 0.25) is 0 Å². The molecular weight excluding hydrogens is 505 g/mol. The molecule has 38 heavy (non-hydrogen) atoms. The molecule has 210 valence electrons. The van der Waals surface area contributed by atoms with E-state index in [1.807, 2.05) is 33.8 Å². The maximum absolute atomic E-state index is 12.6. The number of hydrazone groups is 1. The molecule has 0 aliphatic carbocycles. The van der Waals surface area contributed by atoms with Crippen molar-refractivity contribution in [2.24, 2.45) is 16.8 Å². The van der Waals surface area contributed by atoms with Crippen molar-refractivity contribution in [2.45, 2.75) is 66.4 Å². The normalized spacial score (nSPS) is 15.7. The number of nitrogens with one attached hydrogen (secondary N) is 1. The Balaban J connectivity index is 0.00000229. The van der Waals surface area contributed by atoms with Crippen molar-refractivity contribution in [1.82, 2.24) is 15.3 Å². The molecule has 3 N–H and O–H groups in total. The fraction of sp³-hybridized carbons (Fsp3) is 0.500. The number of carbonyl (C=O) groups excluding carboxylic acids is 2. The number of nitrogens with two attached hydrogens (primary N) is 1. The summed E-state index contributed by atoms with van der Waals surface area (Å²) in [6, 6.07) is 0. The van der Waals surface area contributed by atoms with E-state index in [4.69, 9.17) is 10.5 Å². The van der Waals surface area contributed by atoms with Gasteiger partial charge in [0.2, 0.25) is 0 Å². The lowest BCUT2D eigenvalue weighted by Gasteiger charge is -2.34. The summed E-state index contributed by atoms with van der Waals surface area (Å²) >= 11 is 1.30. The maximum Gasteiger partial charge on any atom is 0.410 e. The van der Waals surface area contributed by atoms with Crippen LogP contribution in [0, 0.1) is 5.92 Å². The lowest BCUT2D eigenvalue weighted by molar-refractivity contribution is 0.0193. The Labute approximate surface area is 230 Å². The van der Waals surface area contributed by atoms with Crippen LogP contribution in [0.1, 0.15) is 76.3 Å². The van der Waals surface area contributed by atoms with Gasteiger partial charge in [-0.1, -0.05) is 51.2 Å². The number of allylic oxidation sites excluding steroid dienone is 6. The molecule has 2 amide bonds. The molecule has 1 aromatic rings. The molecule has 0 spiro atoms. The van der Waals surface area contributed by atoms with Gasteiger partial charge in [0.25, 0.3) is 5.91 Å². The van der Waals surface area contributed by atoms with Crippen LogP contribution in [0.25, 0.3) is 6.08 Å². The number of aromatic nitrogens is 1. The number of ether oxygens (including phenoxy) is 1. The van der Waals surface area contributed by atoms with E-state index >= 15 is 0 Å². The number of amides is 2. The summed E-state index contributed by atoms with van der Waals surface area (Å²) < 4.78 is 18.1. The predicted octanol–water partition coefficient (Wildman–Crippen LogP) is 6.25. The molecular formula is C28H42FN5O3S. The monoisotopic (exact) mass is 547 g/mol. The fourth-order valence-corrected chi connectivity index (χ4v) is 4.10. The zero-order valence-electron chi connectivity index (χ0n) is 23.4. The molecule has 8 nitrogen and oxygen atoms in total. The maximum atomic E-state index is 12.6. The van der Waals surface area contributed by atoms with Gasteiger partial charge >= 0.3 is 6.09 Å². The Kier molecular flexibility index (Phi) is 14.3. The number of thiazole rings is 1.